The van der Waals surface area contributed by atoms with Crippen molar-refractivity contribution in [1.29, 1.82) is 0 Å². The summed E-state index contributed by atoms with van der Waals surface area (Å²) >= 11 is 0. The molecule has 19 heavy (non-hydrogen) atoms. The van der Waals surface area contributed by atoms with Crippen LogP contribution in [0.25, 0.3) is 0 Å². The first-order valence-electron chi connectivity index (χ1n) is 6.56. The van der Waals surface area contributed by atoms with Crippen molar-refractivity contribution in [2.75, 3.05) is 25.1 Å². The number of hydrogen-bond acceptors (Lipinski definition) is 5. The van der Waals surface area contributed by atoms with Gasteiger partial charge in [0, 0.05) is 31.5 Å². The summed E-state index contributed by atoms with van der Waals surface area (Å²) < 4.78 is 6.35. The summed E-state index contributed by atoms with van der Waals surface area (Å²) in [6.45, 7) is 3.01. The average Bonchev–Trinajstić information content (AvgIpc) is 3.25. The van der Waals surface area contributed by atoms with Crippen LogP contribution in [-0.4, -0.2) is 35.7 Å². The van der Waals surface area contributed by atoms with Gasteiger partial charge < -0.3 is 14.2 Å². The van der Waals surface area contributed by atoms with Gasteiger partial charge in [-0.05, 0) is 19.8 Å². The molecule has 0 aromatic carbocycles. The summed E-state index contributed by atoms with van der Waals surface area (Å²) in [6, 6.07) is 0.327. The number of methoxy groups -OCH3 is 1. The summed E-state index contributed by atoms with van der Waals surface area (Å²) in [5.41, 5.74) is -0.0725. The second-order valence-electron chi connectivity index (χ2n) is 4.60. The van der Waals surface area contributed by atoms with Crippen molar-refractivity contribution in [3.8, 4) is 0 Å². The minimum atomic E-state index is -0.281. The molecule has 1 aliphatic carbocycles. The van der Waals surface area contributed by atoms with Crippen LogP contribution in [0.3, 0.4) is 0 Å². The fraction of sp³-hybridized carbons (Fsp3) is 0.615. The molecule has 1 aliphatic rings. The zero-order valence-electron chi connectivity index (χ0n) is 11.3. The van der Waals surface area contributed by atoms with Crippen molar-refractivity contribution < 1.29 is 9.53 Å². The normalized spacial score (nSPS) is 14.2. The first kappa shape index (κ1) is 13.6. The molecular weight excluding hydrogens is 246 g/mol. The van der Waals surface area contributed by atoms with Crippen LogP contribution in [-0.2, 0) is 9.53 Å². The smallest absolute Gasteiger partial charge is 0.307 e. The van der Waals surface area contributed by atoms with E-state index in [-0.39, 0.29) is 17.9 Å². The number of anilines is 1. The van der Waals surface area contributed by atoms with Crippen molar-refractivity contribution in [1.82, 2.24) is 9.55 Å². The third-order valence-electron chi connectivity index (χ3n) is 3.28. The summed E-state index contributed by atoms with van der Waals surface area (Å²) in [4.78, 5) is 29.5. The van der Waals surface area contributed by atoms with Gasteiger partial charge in [-0.2, -0.15) is 0 Å². The van der Waals surface area contributed by atoms with Crippen LogP contribution in [0, 0.1) is 0 Å². The lowest BCUT2D eigenvalue weighted by atomic mass is 10.3. The summed E-state index contributed by atoms with van der Waals surface area (Å²) in [5, 5.41) is 0. The quantitative estimate of drug-likeness (QED) is 0.717. The molecule has 0 atom stereocenters. The molecule has 0 amide bonds. The first-order chi connectivity index (χ1) is 9.17. The Balaban J connectivity index is 2.16. The second kappa shape index (κ2) is 5.86. The molecular formula is C13H19N3O3. The highest BCUT2D eigenvalue weighted by Gasteiger charge is 2.26. The van der Waals surface area contributed by atoms with Crippen molar-refractivity contribution in [3.05, 3.63) is 22.7 Å². The van der Waals surface area contributed by atoms with Crippen LogP contribution >= 0.6 is 0 Å². The van der Waals surface area contributed by atoms with Crippen LogP contribution in [0.5, 0.6) is 0 Å². The van der Waals surface area contributed by atoms with E-state index in [1.54, 1.807) is 17.0 Å². The van der Waals surface area contributed by atoms with Crippen LogP contribution in [0.1, 0.15) is 32.2 Å². The lowest BCUT2D eigenvalue weighted by molar-refractivity contribution is -0.140. The topological polar surface area (TPSA) is 64.4 Å². The molecule has 0 N–H and O–H groups in total. The lowest BCUT2D eigenvalue weighted by Gasteiger charge is -2.21. The molecule has 6 nitrogen and oxygen atoms in total. The van der Waals surface area contributed by atoms with Crippen LogP contribution in [0.4, 0.5) is 5.82 Å². The van der Waals surface area contributed by atoms with E-state index in [1.165, 1.54) is 7.11 Å². The maximum atomic E-state index is 12.3. The molecule has 0 unspecified atom stereocenters. The first-order valence-corrected chi connectivity index (χ1v) is 6.56. The van der Waals surface area contributed by atoms with Crippen molar-refractivity contribution in [3.63, 3.8) is 0 Å². The number of carbonyl (C=O) groups is 1. The van der Waals surface area contributed by atoms with Crippen molar-refractivity contribution in [2.24, 2.45) is 0 Å². The molecule has 0 radical (unpaired) electrons. The highest BCUT2D eigenvalue weighted by Crippen LogP contribution is 2.33. The molecule has 2 rings (SSSR count). The zero-order valence-corrected chi connectivity index (χ0v) is 11.3. The van der Waals surface area contributed by atoms with Gasteiger partial charge in [-0.15, -0.1) is 0 Å². The van der Waals surface area contributed by atoms with Crippen LogP contribution in [0.2, 0.25) is 0 Å². The van der Waals surface area contributed by atoms with Gasteiger partial charge in [0.25, 0.3) is 5.56 Å². The molecule has 1 saturated carbocycles. The Morgan fingerprint density at radius 1 is 1.58 bits per heavy atom. The standard InChI is InChI=1S/C13H19N3O3/c1-3-15(8-6-11(17)19-2)12-13(18)16(9-7-14-12)10-4-5-10/h7,9-10H,3-6,8H2,1-2H3. The highest BCUT2D eigenvalue weighted by molar-refractivity contribution is 5.69. The maximum Gasteiger partial charge on any atom is 0.307 e. The molecule has 104 valence electrons. The Labute approximate surface area is 112 Å². The molecule has 1 fully saturated rings. The van der Waals surface area contributed by atoms with Gasteiger partial charge in [0.2, 0.25) is 0 Å². The van der Waals surface area contributed by atoms with Gasteiger partial charge in [0.05, 0.1) is 13.5 Å². The van der Waals surface area contributed by atoms with E-state index < -0.39 is 0 Å². The molecule has 1 heterocycles. The molecule has 6 heteroatoms. The Morgan fingerprint density at radius 3 is 2.89 bits per heavy atom. The minimum absolute atomic E-state index is 0.0725. The van der Waals surface area contributed by atoms with Gasteiger partial charge >= 0.3 is 5.97 Å². The summed E-state index contributed by atoms with van der Waals surface area (Å²) in [7, 11) is 1.36. The fourth-order valence-electron chi connectivity index (χ4n) is 2.01. The summed E-state index contributed by atoms with van der Waals surface area (Å²) in [6.07, 6.45) is 5.74. The predicted octanol–water partition coefficient (Wildman–Crippen LogP) is 0.968. The number of rotatable bonds is 6. The zero-order chi connectivity index (χ0) is 13.8. The van der Waals surface area contributed by atoms with Crippen LogP contribution < -0.4 is 10.5 Å². The number of ether oxygens (including phenoxy) is 1. The molecule has 1 aromatic rings. The second-order valence-corrected chi connectivity index (χ2v) is 4.60. The Morgan fingerprint density at radius 2 is 2.32 bits per heavy atom. The minimum Gasteiger partial charge on any atom is -0.469 e. The van der Waals surface area contributed by atoms with Crippen molar-refractivity contribution in [2.45, 2.75) is 32.2 Å². The Bertz CT molecular complexity index is 508. The number of carbonyl (C=O) groups excluding carboxylic acids is 1. The van der Waals surface area contributed by atoms with E-state index >= 15 is 0 Å². The Hall–Kier alpha value is -1.85. The number of hydrogen-bond donors (Lipinski definition) is 0. The van der Waals surface area contributed by atoms with E-state index in [2.05, 4.69) is 9.72 Å². The number of esters is 1. The number of nitrogens with zero attached hydrogens (tertiary/aromatic N) is 3. The van der Waals surface area contributed by atoms with E-state index in [9.17, 15) is 9.59 Å². The molecule has 1 aromatic heterocycles. The van der Waals surface area contributed by atoms with E-state index in [1.807, 2.05) is 11.8 Å². The van der Waals surface area contributed by atoms with Gasteiger partial charge in [-0.3, -0.25) is 9.59 Å². The van der Waals surface area contributed by atoms with E-state index in [0.717, 1.165) is 12.8 Å². The van der Waals surface area contributed by atoms with Crippen molar-refractivity contribution >= 4 is 11.8 Å². The molecule has 0 aliphatic heterocycles. The van der Waals surface area contributed by atoms with E-state index in [0.29, 0.717) is 24.9 Å². The third kappa shape index (κ3) is 3.13. The largest absolute Gasteiger partial charge is 0.469 e. The number of aromatic nitrogens is 2. The fourth-order valence-corrected chi connectivity index (χ4v) is 2.01. The molecule has 0 saturated heterocycles. The van der Waals surface area contributed by atoms with Gasteiger partial charge in [0.1, 0.15) is 0 Å². The van der Waals surface area contributed by atoms with E-state index in [4.69, 9.17) is 0 Å². The monoisotopic (exact) mass is 265 g/mol. The molecule has 0 bridgehead atoms. The maximum absolute atomic E-state index is 12.3. The lowest BCUT2D eigenvalue weighted by Crippen LogP contribution is -2.34. The SMILES string of the molecule is CCN(CCC(=O)OC)c1nccn(C2CC2)c1=O. The van der Waals surface area contributed by atoms with Gasteiger partial charge in [-0.1, -0.05) is 0 Å². The summed E-state index contributed by atoms with van der Waals surface area (Å²) in [5.74, 6) is 0.137. The highest BCUT2D eigenvalue weighted by atomic mass is 16.5. The average molecular weight is 265 g/mol. The Kier molecular flexibility index (Phi) is 4.19. The third-order valence-corrected chi connectivity index (χ3v) is 3.28. The van der Waals surface area contributed by atoms with Crippen LogP contribution in [0.15, 0.2) is 17.2 Å². The van der Waals surface area contributed by atoms with Gasteiger partial charge in [0.15, 0.2) is 5.82 Å². The van der Waals surface area contributed by atoms with Gasteiger partial charge in [-0.25, -0.2) is 4.98 Å². The predicted molar refractivity (Wildman–Crippen MR) is 71.3 cm³/mol. The molecule has 0 spiro atoms.